The first-order valence-electron chi connectivity index (χ1n) is 10.5. The highest BCUT2D eigenvalue weighted by Gasteiger charge is 2.67. The van der Waals surface area contributed by atoms with Crippen LogP contribution in [0, 0.1) is 11.8 Å². The van der Waals surface area contributed by atoms with Crippen LogP contribution in [-0.4, -0.2) is 63.5 Å². The highest BCUT2D eigenvalue weighted by Crippen LogP contribution is 2.53. The van der Waals surface area contributed by atoms with Crippen molar-refractivity contribution >= 4 is 17.5 Å². The molecule has 162 valence electrons. The van der Waals surface area contributed by atoms with Crippen LogP contribution >= 0.6 is 0 Å². The molecule has 3 aliphatic heterocycles. The van der Waals surface area contributed by atoms with E-state index in [-0.39, 0.29) is 24.5 Å². The molecule has 8 nitrogen and oxygen atoms in total. The van der Waals surface area contributed by atoms with Crippen molar-refractivity contribution in [2.75, 3.05) is 25.1 Å². The van der Waals surface area contributed by atoms with Crippen LogP contribution in [-0.2, 0) is 34.3 Å². The van der Waals surface area contributed by atoms with Crippen molar-refractivity contribution < 1.29 is 19.4 Å². The van der Waals surface area contributed by atoms with Gasteiger partial charge in [0.25, 0.3) is 0 Å². The number of aliphatic hydroxyl groups excluding tert-OH is 1. The van der Waals surface area contributed by atoms with Gasteiger partial charge in [0.2, 0.25) is 11.8 Å². The van der Waals surface area contributed by atoms with Gasteiger partial charge in [-0.25, -0.2) is 0 Å². The van der Waals surface area contributed by atoms with Crippen LogP contribution < -0.4 is 4.90 Å². The third-order valence-electron chi connectivity index (χ3n) is 6.59. The Labute approximate surface area is 180 Å². The van der Waals surface area contributed by atoms with Crippen molar-refractivity contribution in [2.24, 2.45) is 18.9 Å². The molecule has 2 saturated heterocycles. The molecule has 2 aromatic rings. The third-order valence-corrected chi connectivity index (χ3v) is 6.59. The quantitative estimate of drug-likeness (QED) is 0.699. The predicted octanol–water partition coefficient (Wildman–Crippen LogP) is 0.900. The van der Waals surface area contributed by atoms with Crippen LogP contribution in [0.2, 0.25) is 0 Å². The maximum Gasteiger partial charge on any atom is 0.234 e. The zero-order valence-corrected chi connectivity index (χ0v) is 17.6. The lowest BCUT2D eigenvalue weighted by Crippen LogP contribution is -2.44. The molecule has 4 heterocycles. The Morgan fingerprint density at radius 2 is 2.10 bits per heavy atom. The average molecular weight is 422 g/mol. The number of aromatic nitrogens is 2. The Morgan fingerprint density at radius 3 is 2.77 bits per heavy atom. The first kappa shape index (κ1) is 20.0. The molecule has 2 fully saturated rings. The lowest BCUT2D eigenvalue weighted by Gasteiger charge is -2.27. The fourth-order valence-electron chi connectivity index (χ4n) is 5.13. The molecule has 1 aromatic heterocycles. The number of hydrogen-bond acceptors (Lipinski definition) is 5. The fourth-order valence-corrected chi connectivity index (χ4v) is 5.13. The Hall–Kier alpha value is -2.97. The van der Waals surface area contributed by atoms with Gasteiger partial charge in [-0.1, -0.05) is 24.3 Å². The minimum atomic E-state index is -0.749. The maximum atomic E-state index is 13.5. The molecule has 4 atom stereocenters. The summed E-state index contributed by atoms with van der Waals surface area (Å²) in [7, 11) is 3.60. The highest BCUT2D eigenvalue weighted by molar-refractivity contribution is 6.03. The molecule has 2 amide bonds. The number of fused-ring (bicyclic) bond motifs is 1. The lowest BCUT2D eigenvalue weighted by atomic mass is 9.76. The molecule has 1 N–H and O–H groups in total. The van der Waals surface area contributed by atoms with Crippen molar-refractivity contribution in [1.82, 2.24) is 14.7 Å². The molecular formula is C23H26N4O4. The number of carbonyl (C=O) groups is 2. The van der Waals surface area contributed by atoms with E-state index >= 15 is 0 Å². The van der Waals surface area contributed by atoms with Crippen molar-refractivity contribution in [3.63, 3.8) is 0 Å². The number of amides is 2. The second-order valence-electron chi connectivity index (χ2n) is 8.68. The normalized spacial score (nSPS) is 28.4. The van der Waals surface area contributed by atoms with Gasteiger partial charge in [0.05, 0.1) is 30.7 Å². The highest BCUT2D eigenvalue weighted by atomic mass is 16.5. The number of rotatable bonds is 6. The second kappa shape index (κ2) is 7.32. The summed E-state index contributed by atoms with van der Waals surface area (Å²) in [5.41, 5.74) is 1.99. The van der Waals surface area contributed by atoms with Gasteiger partial charge < -0.3 is 19.6 Å². The van der Waals surface area contributed by atoms with Gasteiger partial charge >= 0.3 is 0 Å². The van der Waals surface area contributed by atoms with Gasteiger partial charge in [0.1, 0.15) is 5.60 Å². The molecule has 8 heteroatoms. The molecule has 0 saturated carbocycles. The number of hydrogen-bond donors (Lipinski definition) is 1. The van der Waals surface area contributed by atoms with Gasteiger partial charge in [-0.05, 0) is 24.1 Å². The Bertz CT molecular complexity index is 1050. The summed E-state index contributed by atoms with van der Waals surface area (Å²) >= 11 is 0. The Kier molecular flexibility index (Phi) is 4.71. The van der Waals surface area contributed by atoms with Crippen LogP contribution in [0.15, 0.2) is 48.8 Å². The SMILES string of the molecule is CN(Cc1cnn(C)c1)C(=O)[C@@H]1[C@@H]2C=C[C@@]3(CN(c4ccc(CCO)cc4)C(=O)[C@@H]13)O2. The van der Waals surface area contributed by atoms with E-state index in [1.54, 1.807) is 27.7 Å². The van der Waals surface area contributed by atoms with Gasteiger partial charge in [-0.3, -0.25) is 14.3 Å². The molecule has 2 bridgehead atoms. The number of anilines is 1. The Balaban J connectivity index is 1.37. The largest absolute Gasteiger partial charge is 0.396 e. The molecule has 0 radical (unpaired) electrons. The number of ether oxygens (including phenoxy) is 1. The monoisotopic (exact) mass is 422 g/mol. The van der Waals surface area contributed by atoms with Crippen molar-refractivity contribution in [3.8, 4) is 0 Å². The second-order valence-corrected chi connectivity index (χ2v) is 8.68. The summed E-state index contributed by atoms with van der Waals surface area (Å²) < 4.78 is 7.94. The van der Waals surface area contributed by atoms with Gasteiger partial charge in [0, 0.05) is 44.7 Å². The molecule has 1 aromatic carbocycles. The van der Waals surface area contributed by atoms with Crippen molar-refractivity contribution in [2.45, 2.75) is 24.7 Å². The summed E-state index contributed by atoms with van der Waals surface area (Å²) in [5.74, 6) is -1.21. The van der Waals surface area contributed by atoms with Gasteiger partial charge in [-0.2, -0.15) is 5.10 Å². The van der Waals surface area contributed by atoms with Crippen molar-refractivity contribution in [1.29, 1.82) is 0 Å². The fraction of sp³-hybridized carbons (Fsp3) is 0.435. The summed E-state index contributed by atoms with van der Waals surface area (Å²) in [6.45, 7) is 0.923. The van der Waals surface area contributed by atoms with Crippen LogP contribution in [0.1, 0.15) is 11.1 Å². The minimum Gasteiger partial charge on any atom is -0.396 e. The molecular weight excluding hydrogens is 396 g/mol. The van der Waals surface area contributed by atoms with E-state index in [0.29, 0.717) is 19.5 Å². The van der Waals surface area contributed by atoms with E-state index in [1.165, 1.54) is 0 Å². The first-order chi connectivity index (χ1) is 14.9. The standard InChI is InChI=1S/C23H26N4O4/c1-25(12-16-11-24-26(2)13-16)21(29)19-18-7-9-23(31-18)14-27(22(30)20(19)23)17-5-3-15(4-6-17)8-10-28/h3-7,9,11,13,18-20,28H,8,10,12,14H2,1-2H3/t18-,19+,20+,23-/m0/s1. The first-order valence-corrected chi connectivity index (χ1v) is 10.5. The minimum absolute atomic E-state index is 0.0742. The van der Waals surface area contributed by atoms with E-state index in [9.17, 15) is 9.59 Å². The zero-order valence-electron chi connectivity index (χ0n) is 17.6. The summed E-state index contributed by atoms with van der Waals surface area (Å²) in [4.78, 5) is 30.2. The van der Waals surface area contributed by atoms with E-state index < -0.39 is 17.4 Å². The van der Waals surface area contributed by atoms with Gasteiger partial charge in [0.15, 0.2) is 0 Å². The maximum absolute atomic E-state index is 13.5. The molecule has 0 unspecified atom stereocenters. The number of benzene rings is 1. The molecule has 1 spiro atoms. The summed E-state index contributed by atoms with van der Waals surface area (Å²) in [5, 5.41) is 13.3. The van der Waals surface area contributed by atoms with E-state index in [4.69, 9.17) is 9.84 Å². The van der Waals surface area contributed by atoms with Crippen LogP contribution in [0.3, 0.4) is 0 Å². The zero-order chi connectivity index (χ0) is 21.8. The van der Waals surface area contributed by atoms with Crippen LogP contribution in [0.25, 0.3) is 0 Å². The topological polar surface area (TPSA) is 87.9 Å². The van der Waals surface area contributed by atoms with Gasteiger partial charge in [-0.15, -0.1) is 0 Å². The summed E-state index contributed by atoms with van der Waals surface area (Å²) in [6.07, 6.45) is 7.72. The molecule has 3 aliphatic rings. The van der Waals surface area contributed by atoms with E-state index in [2.05, 4.69) is 5.10 Å². The predicted molar refractivity (Wildman–Crippen MR) is 113 cm³/mol. The number of nitrogens with zero attached hydrogens (tertiary/aromatic N) is 4. The molecule has 31 heavy (non-hydrogen) atoms. The number of carbonyl (C=O) groups excluding carboxylic acids is 2. The smallest absolute Gasteiger partial charge is 0.234 e. The van der Waals surface area contributed by atoms with Crippen LogP contribution in [0.4, 0.5) is 5.69 Å². The van der Waals surface area contributed by atoms with Crippen molar-refractivity contribution in [3.05, 3.63) is 59.9 Å². The van der Waals surface area contributed by atoms with Crippen LogP contribution in [0.5, 0.6) is 0 Å². The van der Waals surface area contributed by atoms with E-state index in [0.717, 1.165) is 16.8 Å². The third kappa shape index (κ3) is 3.18. The molecule has 0 aliphatic carbocycles. The average Bonchev–Trinajstić information content (AvgIpc) is 3.50. The number of aliphatic hydroxyl groups is 1. The summed E-state index contributed by atoms with van der Waals surface area (Å²) in [6, 6.07) is 7.62. The number of aryl methyl sites for hydroxylation is 1. The van der Waals surface area contributed by atoms with E-state index in [1.807, 2.05) is 49.7 Å². The molecule has 5 rings (SSSR count). The lowest BCUT2D eigenvalue weighted by molar-refractivity contribution is -0.139. The Morgan fingerprint density at radius 1 is 1.32 bits per heavy atom.